The van der Waals surface area contributed by atoms with Crippen LogP contribution in [0.1, 0.15) is 6.42 Å². The van der Waals surface area contributed by atoms with E-state index in [1.165, 1.54) is 0 Å². The van der Waals surface area contributed by atoms with E-state index in [1.807, 2.05) is 0 Å². The summed E-state index contributed by atoms with van der Waals surface area (Å²) in [4.78, 5) is 10.3. The summed E-state index contributed by atoms with van der Waals surface area (Å²) in [5, 5.41) is 11.0. The van der Waals surface area contributed by atoms with Crippen molar-refractivity contribution in [3.8, 4) is 0 Å². The van der Waals surface area contributed by atoms with Crippen LogP contribution in [0.5, 0.6) is 0 Å². The molecule has 0 radical (unpaired) electrons. The number of carbonyl (C=O) groups is 1. The molecule has 1 saturated heterocycles. The van der Waals surface area contributed by atoms with E-state index in [4.69, 9.17) is 5.11 Å². The summed E-state index contributed by atoms with van der Waals surface area (Å²) >= 11 is 0. The van der Waals surface area contributed by atoms with Gasteiger partial charge in [0.25, 0.3) is 0 Å². The molecule has 5 heteroatoms. The summed E-state index contributed by atoms with van der Waals surface area (Å²) in [6.45, 7) is 1.58. The van der Waals surface area contributed by atoms with Crippen LogP contribution in [0.2, 0.25) is 0 Å². The SMILES string of the molecule is CP1(=O)CC[C@@H](C(=O)O)N1. The van der Waals surface area contributed by atoms with E-state index in [-0.39, 0.29) is 0 Å². The van der Waals surface area contributed by atoms with Crippen molar-refractivity contribution < 1.29 is 14.5 Å². The number of rotatable bonds is 1. The highest BCUT2D eigenvalue weighted by atomic mass is 31.2. The molecule has 10 heavy (non-hydrogen) atoms. The molecule has 0 amide bonds. The zero-order chi connectivity index (χ0) is 7.78. The molecule has 0 aromatic carbocycles. The predicted octanol–water partition coefficient (Wildman–Crippen LogP) is 0.341. The minimum atomic E-state index is -2.28. The Hall–Kier alpha value is -0.340. The predicted molar refractivity (Wildman–Crippen MR) is 37.6 cm³/mol. The normalized spacial score (nSPS) is 39.9. The lowest BCUT2D eigenvalue weighted by atomic mass is 10.2. The molecule has 0 aromatic rings. The minimum absolute atomic E-state index is 0.489. The van der Waals surface area contributed by atoms with Gasteiger partial charge in [-0.3, -0.25) is 9.88 Å². The highest BCUT2D eigenvalue weighted by molar-refractivity contribution is 7.61. The fourth-order valence-electron chi connectivity index (χ4n) is 1.01. The Morgan fingerprint density at radius 2 is 2.40 bits per heavy atom. The second kappa shape index (κ2) is 2.36. The van der Waals surface area contributed by atoms with Crippen LogP contribution in [-0.2, 0) is 9.36 Å². The van der Waals surface area contributed by atoms with E-state index < -0.39 is 19.3 Å². The van der Waals surface area contributed by atoms with Crippen molar-refractivity contribution in [2.45, 2.75) is 12.5 Å². The van der Waals surface area contributed by atoms with Gasteiger partial charge >= 0.3 is 5.97 Å². The Morgan fingerprint density at radius 3 is 2.60 bits per heavy atom. The van der Waals surface area contributed by atoms with Gasteiger partial charge in [0.2, 0.25) is 0 Å². The number of carboxylic acids is 1. The second-order valence-electron chi connectivity index (χ2n) is 2.63. The molecule has 0 spiro atoms. The van der Waals surface area contributed by atoms with E-state index in [1.54, 1.807) is 6.66 Å². The first-order valence-electron chi connectivity index (χ1n) is 3.08. The first kappa shape index (κ1) is 7.76. The average Bonchev–Trinajstić information content (AvgIpc) is 2.10. The first-order chi connectivity index (χ1) is 4.51. The van der Waals surface area contributed by atoms with Gasteiger partial charge < -0.3 is 9.67 Å². The number of hydrogen-bond donors (Lipinski definition) is 2. The van der Waals surface area contributed by atoms with Crippen LogP contribution in [-0.4, -0.2) is 29.9 Å². The average molecular weight is 163 g/mol. The summed E-state index contributed by atoms with van der Waals surface area (Å²) in [5.41, 5.74) is 0. The monoisotopic (exact) mass is 163 g/mol. The van der Waals surface area contributed by atoms with Gasteiger partial charge in [-0.2, -0.15) is 0 Å². The number of nitrogens with one attached hydrogen (secondary N) is 1. The molecule has 2 atom stereocenters. The van der Waals surface area contributed by atoms with Gasteiger partial charge in [0.1, 0.15) is 13.3 Å². The van der Waals surface area contributed by atoms with Gasteiger partial charge in [0, 0.05) is 12.8 Å². The molecular formula is C5H10NO3P. The molecule has 1 heterocycles. The molecule has 1 rings (SSSR count). The molecule has 1 fully saturated rings. The summed E-state index contributed by atoms with van der Waals surface area (Å²) in [6.07, 6.45) is 0.993. The molecule has 0 bridgehead atoms. The van der Waals surface area contributed by atoms with Crippen molar-refractivity contribution in [2.75, 3.05) is 12.8 Å². The molecule has 0 aromatic heterocycles. The Labute approximate surface area is 59.0 Å². The molecule has 0 saturated carbocycles. The fourth-order valence-corrected chi connectivity index (χ4v) is 2.79. The van der Waals surface area contributed by atoms with Crippen molar-refractivity contribution in [3.05, 3.63) is 0 Å². The third-order valence-corrected chi connectivity index (χ3v) is 3.54. The smallest absolute Gasteiger partial charge is 0.321 e. The maximum absolute atomic E-state index is 11.2. The highest BCUT2D eigenvalue weighted by Gasteiger charge is 2.32. The van der Waals surface area contributed by atoms with Crippen LogP contribution >= 0.6 is 7.29 Å². The van der Waals surface area contributed by atoms with E-state index in [2.05, 4.69) is 5.09 Å². The van der Waals surface area contributed by atoms with Gasteiger partial charge in [-0.15, -0.1) is 0 Å². The number of carboxylic acid groups (broad SMARTS) is 1. The highest BCUT2D eigenvalue weighted by Crippen LogP contribution is 2.43. The summed E-state index contributed by atoms with van der Waals surface area (Å²) < 4.78 is 11.2. The van der Waals surface area contributed by atoms with Crippen molar-refractivity contribution >= 4 is 13.3 Å². The molecule has 1 aliphatic rings. The van der Waals surface area contributed by atoms with E-state index in [0.29, 0.717) is 12.6 Å². The Kier molecular flexibility index (Phi) is 1.84. The Balaban J connectivity index is 2.60. The molecule has 58 valence electrons. The standard InChI is InChI=1S/C5H10NO3P/c1-10(9)3-2-4(6-10)5(7)8/h4H,2-3H2,1H3,(H,6,9)(H,7,8)/t4-,10?/m0/s1. The fraction of sp³-hybridized carbons (Fsp3) is 0.800. The zero-order valence-corrected chi connectivity index (χ0v) is 6.60. The number of aliphatic carboxylic acids is 1. The van der Waals surface area contributed by atoms with Crippen LogP contribution in [0, 0.1) is 0 Å². The summed E-state index contributed by atoms with van der Waals surface area (Å²) in [7, 11) is -2.28. The van der Waals surface area contributed by atoms with Gasteiger partial charge in [-0.25, -0.2) is 0 Å². The summed E-state index contributed by atoms with van der Waals surface area (Å²) in [6, 6.07) is -0.587. The first-order valence-corrected chi connectivity index (χ1v) is 5.42. The number of hydrogen-bond acceptors (Lipinski definition) is 2. The van der Waals surface area contributed by atoms with E-state index in [0.717, 1.165) is 0 Å². The van der Waals surface area contributed by atoms with Gasteiger partial charge in [0.15, 0.2) is 0 Å². The van der Waals surface area contributed by atoms with Crippen molar-refractivity contribution in [1.29, 1.82) is 0 Å². The van der Waals surface area contributed by atoms with Crippen molar-refractivity contribution in [1.82, 2.24) is 5.09 Å². The third-order valence-electron chi connectivity index (χ3n) is 1.57. The topological polar surface area (TPSA) is 66.4 Å². The molecule has 0 aliphatic carbocycles. The zero-order valence-electron chi connectivity index (χ0n) is 5.70. The summed E-state index contributed by atoms with van der Waals surface area (Å²) in [5.74, 6) is -0.903. The maximum atomic E-state index is 11.2. The second-order valence-corrected chi connectivity index (χ2v) is 5.54. The van der Waals surface area contributed by atoms with Crippen LogP contribution in [0.3, 0.4) is 0 Å². The molecule has 4 nitrogen and oxygen atoms in total. The lowest BCUT2D eigenvalue weighted by Crippen LogP contribution is -2.28. The van der Waals surface area contributed by atoms with Crippen molar-refractivity contribution in [3.63, 3.8) is 0 Å². The minimum Gasteiger partial charge on any atom is -0.480 e. The Bertz CT molecular complexity index is 203. The van der Waals surface area contributed by atoms with Gasteiger partial charge in [-0.1, -0.05) is 0 Å². The maximum Gasteiger partial charge on any atom is 0.321 e. The largest absolute Gasteiger partial charge is 0.480 e. The molecule has 2 N–H and O–H groups in total. The van der Waals surface area contributed by atoms with Crippen LogP contribution in [0.15, 0.2) is 0 Å². The van der Waals surface area contributed by atoms with E-state index >= 15 is 0 Å². The lowest BCUT2D eigenvalue weighted by Gasteiger charge is -2.05. The van der Waals surface area contributed by atoms with Crippen molar-refractivity contribution in [2.24, 2.45) is 0 Å². The van der Waals surface area contributed by atoms with E-state index in [9.17, 15) is 9.36 Å². The van der Waals surface area contributed by atoms with Gasteiger partial charge in [0.05, 0.1) is 0 Å². The Morgan fingerprint density at radius 1 is 1.80 bits per heavy atom. The molecule has 1 aliphatic heterocycles. The molecular weight excluding hydrogens is 153 g/mol. The lowest BCUT2D eigenvalue weighted by molar-refractivity contribution is -0.138. The van der Waals surface area contributed by atoms with Crippen LogP contribution < -0.4 is 5.09 Å². The van der Waals surface area contributed by atoms with Crippen LogP contribution in [0.4, 0.5) is 0 Å². The van der Waals surface area contributed by atoms with Gasteiger partial charge in [-0.05, 0) is 6.42 Å². The third kappa shape index (κ3) is 1.58. The molecule has 1 unspecified atom stereocenters. The quantitative estimate of drug-likeness (QED) is 0.547. The van der Waals surface area contributed by atoms with Crippen LogP contribution in [0.25, 0.3) is 0 Å².